The Morgan fingerprint density at radius 3 is 1.93 bits per heavy atom. The first kappa shape index (κ1) is 12.3. The predicted octanol–water partition coefficient (Wildman–Crippen LogP) is 3.69. The lowest BCUT2D eigenvalue weighted by atomic mass is 9.89. The molecular weight excluding hydrogens is 182 g/mol. The van der Waals surface area contributed by atoms with Crippen molar-refractivity contribution in [3.63, 3.8) is 0 Å². The second kappa shape index (κ2) is 5.92. The fourth-order valence-corrected chi connectivity index (χ4v) is 2.04. The topological polar surface area (TPSA) is 26.0 Å². The first-order valence-electron chi connectivity index (χ1n) is 6.07. The van der Waals surface area contributed by atoms with Crippen molar-refractivity contribution in [1.29, 1.82) is 0 Å². The Morgan fingerprint density at radius 2 is 1.53 bits per heavy atom. The van der Waals surface area contributed by atoms with Crippen molar-refractivity contribution in [3.05, 3.63) is 35.4 Å². The molecule has 0 aliphatic rings. The van der Waals surface area contributed by atoms with Gasteiger partial charge in [-0.3, -0.25) is 0 Å². The first-order chi connectivity index (χ1) is 7.22. The van der Waals surface area contributed by atoms with Crippen LogP contribution in [-0.2, 0) is 6.42 Å². The molecule has 0 amide bonds. The molecular formula is C14H23N. The minimum atomic E-state index is 0.200. The minimum absolute atomic E-state index is 0.200. The zero-order valence-corrected chi connectivity index (χ0v) is 10.2. The maximum absolute atomic E-state index is 6.25. The van der Waals surface area contributed by atoms with Crippen molar-refractivity contribution in [3.8, 4) is 0 Å². The highest BCUT2D eigenvalue weighted by Crippen LogP contribution is 2.25. The summed E-state index contributed by atoms with van der Waals surface area (Å²) >= 11 is 0. The fourth-order valence-electron chi connectivity index (χ4n) is 2.04. The van der Waals surface area contributed by atoms with Crippen LogP contribution in [0.4, 0.5) is 0 Å². The number of aryl methyl sites for hydroxylation is 1. The summed E-state index contributed by atoms with van der Waals surface area (Å²) in [6.45, 7) is 6.61. The summed E-state index contributed by atoms with van der Waals surface area (Å²) in [4.78, 5) is 0. The second-order valence-corrected chi connectivity index (χ2v) is 4.20. The molecule has 1 aromatic carbocycles. The molecule has 1 unspecified atom stereocenters. The predicted molar refractivity (Wildman–Crippen MR) is 66.8 cm³/mol. The van der Waals surface area contributed by atoms with Crippen molar-refractivity contribution in [2.45, 2.75) is 46.1 Å². The monoisotopic (exact) mass is 205 g/mol. The van der Waals surface area contributed by atoms with Crippen molar-refractivity contribution in [2.24, 2.45) is 11.7 Å². The number of benzene rings is 1. The number of rotatable bonds is 5. The zero-order valence-electron chi connectivity index (χ0n) is 10.2. The number of hydrogen-bond donors (Lipinski definition) is 1. The van der Waals surface area contributed by atoms with E-state index in [9.17, 15) is 0 Å². The molecule has 15 heavy (non-hydrogen) atoms. The van der Waals surface area contributed by atoms with E-state index in [1.165, 1.54) is 11.1 Å². The van der Waals surface area contributed by atoms with Gasteiger partial charge in [-0.1, -0.05) is 57.9 Å². The molecule has 0 radical (unpaired) electrons. The molecule has 0 heterocycles. The van der Waals surface area contributed by atoms with Crippen LogP contribution in [0.25, 0.3) is 0 Å². The van der Waals surface area contributed by atoms with Crippen LogP contribution in [-0.4, -0.2) is 0 Å². The molecule has 1 heteroatoms. The molecule has 0 spiro atoms. The van der Waals surface area contributed by atoms with E-state index < -0.39 is 0 Å². The van der Waals surface area contributed by atoms with Gasteiger partial charge in [-0.05, 0) is 23.5 Å². The third kappa shape index (κ3) is 3.07. The molecule has 84 valence electrons. The standard InChI is InChI=1S/C14H23N/c1-4-11-7-9-13(10-8-11)14(15)12(5-2)6-3/h7-10,12,14H,4-6,15H2,1-3H3. The van der Waals surface area contributed by atoms with E-state index in [1.807, 2.05) is 0 Å². The van der Waals surface area contributed by atoms with E-state index >= 15 is 0 Å². The van der Waals surface area contributed by atoms with Gasteiger partial charge >= 0.3 is 0 Å². The van der Waals surface area contributed by atoms with E-state index in [0.717, 1.165) is 19.3 Å². The molecule has 1 aromatic rings. The van der Waals surface area contributed by atoms with E-state index in [0.29, 0.717) is 5.92 Å². The molecule has 1 nitrogen and oxygen atoms in total. The molecule has 1 rings (SSSR count). The van der Waals surface area contributed by atoms with Gasteiger partial charge in [0, 0.05) is 6.04 Å². The molecule has 1 atom stereocenters. The summed E-state index contributed by atoms with van der Waals surface area (Å²) in [7, 11) is 0. The molecule has 0 fully saturated rings. The summed E-state index contributed by atoms with van der Waals surface area (Å²) in [6, 6.07) is 8.95. The number of hydrogen-bond acceptors (Lipinski definition) is 1. The van der Waals surface area contributed by atoms with Crippen molar-refractivity contribution >= 4 is 0 Å². The second-order valence-electron chi connectivity index (χ2n) is 4.20. The lowest BCUT2D eigenvalue weighted by Crippen LogP contribution is -2.20. The van der Waals surface area contributed by atoms with Gasteiger partial charge in [0.1, 0.15) is 0 Å². The van der Waals surface area contributed by atoms with Crippen LogP contribution in [0, 0.1) is 5.92 Å². The molecule has 0 aliphatic heterocycles. The molecule has 2 N–H and O–H groups in total. The van der Waals surface area contributed by atoms with Crippen LogP contribution in [0.5, 0.6) is 0 Å². The average molecular weight is 205 g/mol. The Balaban J connectivity index is 2.76. The van der Waals surface area contributed by atoms with E-state index in [4.69, 9.17) is 5.73 Å². The summed E-state index contributed by atoms with van der Waals surface area (Å²) in [5.41, 5.74) is 8.92. The number of nitrogens with two attached hydrogens (primary N) is 1. The van der Waals surface area contributed by atoms with Gasteiger partial charge in [-0.2, -0.15) is 0 Å². The van der Waals surface area contributed by atoms with Gasteiger partial charge in [0.05, 0.1) is 0 Å². The quantitative estimate of drug-likeness (QED) is 0.779. The Hall–Kier alpha value is -0.820. The third-order valence-electron chi connectivity index (χ3n) is 3.33. The minimum Gasteiger partial charge on any atom is -0.324 e. The molecule has 0 aliphatic carbocycles. The first-order valence-corrected chi connectivity index (χ1v) is 6.07. The van der Waals surface area contributed by atoms with E-state index in [1.54, 1.807) is 0 Å². The van der Waals surface area contributed by atoms with Gasteiger partial charge in [0.25, 0.3) is 0 Å². The fraction of sp³-hybridized carbons (Fsp3) is 0.571. The lowest BCUT2D eigenvalue weighted by Gasteiger charge is -2.21. The molecule has 0 aromatic heterocycles. The van der Waals surface area contributed by atoms with Crippen LogP contribution in [0.15, 0.2) is 24.3 Å². The van der Waals surface area contributed by atoms with Crippen LogP contribution in [0.1, 0.15) is 50.8 Å². The van der Waals surface area contributed by atoms with E-state index in [-0.39, 0.29) is 6.04 Å². The Bertz CT molecular complexity index is 272. The molecule has 0 saturated heterocycles. The summed E-state index contributed by atoms with van der Waals surface area (Å²) in [6.07, 6.45) is 3.42. The van der Waals surface area contributed by atoms with E-state index in [2.05, 4.69) is 45.0 Å². The SMILES string of the molecule is CCc1ccc(C(N)C(CC)CC)cc1. The maximum atomic E-state index is 6.25. The largest absolute Gasteiger partial charge is 0.324 e. The highest BCUT2D eigenvalue weighted by atomic mass is 14.6. The van der Waals surface area contributed by atoms with Crippen molar-refractivity contribution in [1.82, 2.24) is 0 Å². The van der Waals surface area contributed by atoms with Crippen molar-refractivity contribution in [2.75, 3.05) is 0 Å². The van der Waals surface area contributed by atoms with Crippen LogP contribution in [0.2, 0.25) is 0 Å². The summed E-state index contributed by atoms with van der Waals surface area (Å²) in [5, 5.41) is 0. The smallest absolute Gasteiger partial charge is 0.0323 e. The van der Waals surface area contributed by atoms with Crippen LogP contribution >= 0.6 is 0 Å². The lowest BCUT2D eigenvalue weighted by molar-refractivity contribution is 0.405. The maximum Gasteiger partial charge on any atom is 0.0323 e. The van der Waals surface area contributed by atoms with Gasteiger partial charge < -0.3 is 5.73 Å². The van der Waals surface area contributed by atoms with Gasteiger partial charge in [-0.15, -0.1) is 0 Å². The van der Waals surface area contributed by atoms with Crippen LogP contribution in [0.3, 0.4) is 0 Å². The summed E-state index contributed by atoms with van der Waals surface area (Å²) in [5.74, 6) is 0.609. The van der Waals surface area contributed by atoms with Gasteiger partial charge in [0.15, 0.2) is 0 Å². The van der Waals surface area contributed by atoms with Crippen LogP contribution < -0.4 is 5.73 Å². The highest BCUT2D eigenvalue weighted by molar-refractivity contribution is 5.25. The third-order valence-corrected chi connectivity index (χ3v) is 3.33. The Labute approximate surface area is 93.7 Å². The normalized spacial score (nSPS) is 13.1. The average Bonchev–Trinajstić information content (AvgIpc) is 2.30. The Kier molecular flexibility index (Phi) is 4.83. The highest BCUT2D eigenvalue weighted by Gasteiger charge is 2.15. The molecule has 0 bridgehead atoms. The Morgan fingerprint density at radius 1 is 1.00 bits per heavy atom. The molecule has 0 saturated carbocycles. The van der Waals surface area contributed by atoms with Crippen molar-refractivity contribution < 1.29 is 0 Å². The van der Waals surface area contributed by atoms with Gasteiger partial charge in [0.2, 0.25) is 0 Å². The summed E-state index contributed by atoms with van der Waals surface area (Å²) < 4.78 is 0. The van der Waals surface area contributed by atoms with Gasteiger partial charge in [-0.25, -0.2) is 0 Å². The zero-order chi connectivity index (χ0) is 11.3.